The molecule has 0 aromatic rings. The van der Waals surface area contributed by atoms with Crippen molar-refractivity contribution in [2.24, 2.45) is 0 Å². The highest BCUT2D eigenvalue weighted by Crippen LogP contribution is 2.21. The van der Waals surface area contributed by atoms with E-state index in [1.165, 1.54) is 12.8 Å². The third kappa shape index (κ3) is 5.01. The highest BCUT2D eigenvalue weighted by Gasteiger charge is 2.21. The summed E-state index contributed by atoms with van der Waals surface area (Å²) in [6.45, 7) is 19.1. The summed E-state index contributed by atoms with van der Waals surface area (Å²) < 4.78 is 0. The van der Waals surface area contributed by atoms with Crippen molar-refractivity contribution in [2.75, 3.05) is 0 Å². The van der Waals surface area contributed by atoms with Gasteiger partial charge in [-0.15, -0.1) is 5.73 Å². The van der Waals surface area contributed by atoms with E-state index in [-0.39, 0.29) is 0 Å². The van der Waals surface area contributed by atoms with E-state index in [0.717, 1.165) is 0 Å². The minimum atomic E-state index is -1.14. The second-order valence-corrected chi connectivity index (χ2v) is 16.5. The van der Waals surface area contributed by atoms with Gasteiger partial charge < -0.3 is 0 Å². The predicted octanol–water partition coefficient (Wildman–Crippen LogP) is 5.01. The Morgan fingerprint density at radius 3 is 1.13 bits per heavy atom. The molecule has 15 heavy (non-hydrogen) atoms. The lowest BCUT2D eigenvalue weighted by molar-refractivity contribution is 1.14. The van der Waals surface area contributed by atoms with Crippen molar-refractivity contribution in [1.82, 2.24) is 0 Å². The van der Waals surface area contributed by atoms with Gasteiger partial charge in [0.1, 0.15) is 0 Å². The molecule has 0 aliphatic carbocycles. The monoisotopic (exact) mass is 240 g/mol. The zero-order valence-electron chi connectivity index (χ0n) is 11.9. The van der Waals surface area contributed by atoms with Crippen LogP contribution in [-0.2, 0) is 0 Å². The van der Waals surface area contributed by atoms with E-state index >= 15 is 0 Å². The van der Waals surface area contributed by atoms with E-state index in [1.807, 2.05) is 0 Å². The van der Waals surface area contributed by atoms with Crippen LogP contribution in [0.3, 0.4) is 0 Å². The number of hydrogen-bond donors (Lipinski definition) is 0. The van der Waals surface area contributed by atoms with Gasteiger partial charge in [-0.25, -0.2) is 0 Å². The quantitative estimate of drug-likeness (QED) is 0.478. The van der Waals surface area contributed by atoms with E-state index in [0.29, 0.717) is 0 Å². The Morgan fingerprint density at radius 1 is 0.733 bits per heavy atom. The zero-order valence-corrected chi connectivity index (χ0v) is 13.9. The summed E-state index contributed by atoms with van der Waals surface area (Å²) >= 11 is 0. The zero-order chi connectivity index (χ0) is 12.3. The van der Waals surface area contributed by atoms with E-state index < -0.39 is 16.1 Å². The fourth-order valence-electron chi connectivity index (χ4n) is 1.79. The van der Waals surface area contributed by atoms with Crippen LogP contribution in [0.25, 0.3) is 0 Å². The molecule has 0 radical (unpaired) electrons. The first-order chi connectivity index (χ1) is 6.62. The van der Waals surface area contributed by atoms with Gasteiger partial charge in [-0.1, -0.05) is 53.1 Å². The van der Waals surface area contributed by atoms with E-state index in [4.69, 9.17) is 0 Å². The maximum Gasteiger partial charge on any atom is 0.0822 e. The van der Waals surface area contributed by atoms with Gasteiger partial charge in [0.15, 0.2) is 0 Å². The highest BCUT2D eigenvalue weighted by molar-refractivity contribution is 6.84. The molecule has 0 nitrogen and oxygen atoms in total. The molecule has 0 rings (SSSR count). The van der Waals surface area contributed by atoms with Crippen LogP contribution in [-0.4, -0.2) is 16.1 Å². The van der Waals surface area contributed by atoms with Crippen LogP contribution in [0, 0.1) is 0 Å². The molecule has 0 atom stereocenters. The Bertz CT molecular complexity index is 242. The third-order valence-electron chi connectivity index (χ3n) is 2.82. The lowest BCUT2D eigenvalue weighted by atomic mass is 10.4. The number of hydrogen-bond acceptors (Lipinski definition) is 0. The molecular formula is C13H28Si2. The van der Waals surface area contributed by atoms with Gasteiger partial charge in [-0.05, 0) is 23.2 Å². The molecule has 0 unspecified atom stereocenters. The summed E-state index contributed by atoms with van der Waals surface area (Å²) in [5, 5.41) is 3.23. The summed E-state index contributed by atoms with van der Waals surface area (Å²) in [6, 6.07) is 0. The normalized spacial score (nSPS) is 12.3. The second kappa shape index (κ2) is 5.33. The molecule has 0 saturated carbocycles. The maximum absolute atomic E-state index is 3.79. The fourth-order valence-corrected chi connectivity index (χ4v) is 5.09. The van der Waals surface area contributed by atoms with Gasteiger partial charge in [0, 0.05) is 0 Å². The van der Waals surface area contributed by atoms with Crippen LogP contribution in [0.15, 0.2) is 16.1 Å². The number of rotatable bonds is 4. The van der Waals surface area contributed by atoms with Gasteiger partial charge in [0.05, 0.1) is 16.1 Å². The summed E-state index contributed by atoms with van der Waals surface area (Å²) in [7, 11) is -2.28. The lowest BCUT2D eigenvalue weighted by Crippen LogP contribution is -2.26. The Morgan fingerprint density at radius 2 is 1.00 bits per heavy atom. The highest BCUT2D eigenvalue weighted by atomic mass is 28.3. The average molecular weight is 241 g/mol. The molecule has 0 heterocycles. The standard InChI is InChI=1S/C13H28Si2/c1-9-12(14(3,4)5)11-13(10-2)15(6,7)8/h9-10H2,1-8H3. The molecule has 0 aromatic carbocycles. The van der Waals surface area contributed by atoms with Crippen molar-refractivity contribution in [1.29, 1.82) is 0 Å². The Kier molecular flexibility index (Phi) is 5.32. The van der Waals surface area contributed by atoms with Gasteiger partial charge in [0.2, 0.25) is 0 Å². The van der Waals surface area contributed by atoms with Crippen molar-refractivity contribution >= 4 is 16.1 Å². The molecule has 0 aliphatic rings. The molecular weight excluding hydrogens is 212 g/mol. The van der Waals surface area contributed by atoms with E-state index in [2.05, 4.69) is 58.9 Å². The van der Waals surface area contributed by atoms with Gasteiger partial charge in [-0.3, -0.25) is 0 Å². The first-order valence-corrected chi connectivity index (χ1v) is 13.1. The minimum absolute atomic E-state index is 1.14. The van der Waals surface area contributed by atoms with E-state index in [1.54, 1.807) is 10.4 Å². The summed E-state index contributed by atoms with van der Waals surface area (Å²) in [6.07, 6.45) is 2.37. The molecule has 0 fully saturated rings. The summed E-state index contributed by atoms with van der Waals surface area (Å²) in [4.78, 5) is 0. The Hall–Kier alpha value is -0.0462. The first kappa shape index (κ1) is 15.0. The van der Waals surface area contributed by atoms with Crippen molar-refractivity contribution in [2.45, 2.75) is 66.0 Å². The predicted molar refractivity (Wildman–Crippen MR) is 77.8 cm³/mol. The van der Waals surface area contributed by atoms with Crippen molar-refractivity contribution in [3.63, 3.8) is 0 Å². The SMILES string of the molecule is CCC(=C=C(CC)[Si](C)(C)C)[Si](C)(C)C. The van der Waals surface area contributed by atoms with Crippen LogP contribution < -0.4 is 0 Å². The second-order valence-electron chi connectivity index (χ2n) is 6.29. The topological polar surface area (TPSA) is 0 Å². The van der Waals surface area contributed by atoms with Crippen LogP contribution in [0.2, 0.25) is 39.3 Å². The Labute approximate surface area is 98.5 Å². The molecule has 88 valence electrons. The van der Waals surface area contributed by atoms with Crippen LogP contribution in [0.5, 0.6) is 0 Å². The average Bonchev–Trinajstić information content (AvgIpc) is 2.01. The molecule has 0 spiro atoms. The number of allylic oxidation sites excluding steroid dienone is 1. The third-order valence-corrected chi connectivity index (χ3v) is 7.40. The molecule has 0 amide bonds. The minimum Gasteiger partial charge on any atom is -0.132 e. The largest absolute Gasteiger partial charge is 0.132 e. The van der Waals surface area contributed by atoms with Crippen molar-refractivity contribution < 1.29 is 0 Å². The molecule has 0 aliphatic heterocycles. The smallest absolute Gasteiger partial charge is 0.0822 e. The Balaban J connectivity index is 5.50. The van der Waals surface area contributed by atoms with Crippen LogP contribution >= 0.6 is 0 Å². The summed E-state index contributed by atoms with van der Waals surface area (Å²) in [5.41, 5.74) is 3.79. The lowest BCUT2D eigenvalue weighted by Gasteiger charge is -2.21. The molecule has 0 N–H and O–H groups in total. The molecule has 0 aromatic heterocycles. The molecule has 2 heteroatoms. The molecule has 0 bridgehead atoms. The molecule has 0 saturated heterocycles. The van der Waals surface area contributed by atoms with Crippen LogP contribution in [0.1, 0.15) is 26.7 Å². The fraction of sp³-hybridized carbons (Fsp3) is 0.769. The van der Waals surface area contributed by atoms with Gasteiger partial charge in [-0.2, -0.15) is 0 Å². The van der Waals surface area contributed by atoms with Crippen molar-refractivity contribution in [3.8, 4) is 0 Å². The van der Waals surface area contributed by atoms with Gasteiger partial charge in [0.25, 0.3) is 0 Å². The first-order valence-electron chi connectivity index (χ1n) is 6.12. The van der Waals surface area contributed by atoms with Crippen LogP contribution in [0.4, 0.5) is 0 Å². The van der Waals surface area contributed by atoms with Crippen molar-refractivity contribution in [3.05, 3.63) is 16.1 Å². The maximum atomic E-state index is 3.79. The summed E-state index contributed by atoms with van der Waals surface area (Å²) in [5.74, 6) is 0. The van der Waals surface area contributed by atoms with Gasteiger partial charge >= 0.3 is 0 Å². The van der Waals surface area contributed by atoms with E-state index in [9.17, 15) is 0 Å².